The number of ether oxygens (including phenoxy) is 1. The van der Waals surface area contributed by atoms with Gasteiger partial charge in [-0.25, -0.2) is 0 Å². The second-order valence-corrected chi connectivity index (χ2v) is 11.4. The van der Waals surface area contributed by atoms with E-state index in [2.05, 4.69) is 27.7 Å². The molecule has 204 valence electrons. The molecule has 0 heterocycles. The molecule has 0 amide bonds. The maximum atomic E-state index is 12.2. The van der Waals surface area contributed by atoms with Crippen LogP contribution in [0.3, 0.4) is 0 Å². The molecule has 0 bridgehead atoms. The Morgan fingerprint density at radius 2 is 0.912 bits per heavy atom. The van der Waals surface area contributed by atoms with Crippen molar-refractivity contribution in [2.75, 3.05) is 6.61 Å². The maximum Gasteiger partial charge on any atom is 0.305 e. The molecule has 2 heteroatoms. The van der Waals surface area contributed by atoms with E-state index in [0.717, 1.165) is 12.3 Å². The summed E-state index contributed by atoms with van der Waals surface area (Å²) in [6, 6.07) is 0. The van der Waals surface area contributed by atoms with Crippen LogP contribution >= 0.6 is 0 Å². The topological polar surface area (TPSA) is 26.3 Å². The lowest BCUT2D eigenvalue weighted by Crippen LogP contribution is -2.14. The first-order chi connectivity index (χ1) is 16.6. The second-order valence-electron chi connectivity index (χ2n) is 11.4. The summed E-state index contributed by atoms with van der Waals surface area (Å²) in [5.41, 5.74) is 0. The van der Waals surface area contributed by atoms with Gasteiger partial charge in [-0.3, -0.25) is 4.79 Å². The molecule has 1 atom stereocenters. The Kier molecular flexibility index (Phi) is 26.6. The first-order valence-electron chi connectivity index (χ1n) is 15.8. The highest BCUT2D eigenvalue weighted by Gasteiger charge is 2.12. The highest BCUT2D eigenvalue weighted by Crippen LogP contribution is 2.19. The standard InChI is InChI=1S/C32H64O2/c1-5-7-9-18-23-27-31(26-21-8-6-2)29-34-32(33)28-24-20-17-15-13-11-10-12-14-16-19-22-25-30(3)4/h30-31H,5-29H2,1-4H3. The Labute approximate surface area is 215 Å². The molecule has 0 spiro atoms. The Morgan fingerprint density at radius 1 is 0.529 bits per heavy atom. The molecule has 0 fully saturated rings. The first kappa shape index (κ1) is 33.5. The molecule has 0 saturated carbocycles. The fraction of sp³-hybridized carbons (Fsp3) is 0.969. The third-order valence-electron chi connectivity index (χ3n) is 7.32. The van der Waals surface area contributed by atoms with E-state index < -0.39 is 0 Å². The van der Waals surface area contributed by atoms with Crippen molar-refractivity contribution in [3.8, 4) is 0 Å². The number of carbonyl (C=O) groups is 1. The molecule has 0 aromatic heterocycles. The van der Waals surface area contributed by atoms with Crippen molar-refractivity contribution in [3.63, 3.8) is 0 Å². The highest BCUT2D eigenvalue weighted by molar-refractivity contribution is 5.69. The van der Waals surface area contributed by atoms with Gasteiger partial charge in [0.1, 0.15) is 0 Å². The van der Waals surface area contributed by atoms with Crippen molar-refractivity contribution in [3.05, 3.63) is 0 Å². The van der Waals surface area contributed by atoms with Gasteiger partial charge in [0, 0.05) is 6.42 Å². The van der Waals surface area contributed by atoms with Gasteiger partial charge in [0.2, 0.25) is 0 Å². The molecule has 0 aliphatic heterocycles. The van der Waals surface area contributed by atoms with Crippen molar-refractivity contribution < 1.29 is 9.53 Å². The Bertz CT molecular complexity index is 404. The fourth-order valence-corrected chi connectivity index (χ4v) is 4.90. The summed E-state index contributed by atoms with van der Waals surface area (Å²) in [5.74, 6) is 1.49. The first-order valence-corrected chi connectivity index (χ1v) is 15.8. The van der Waals surface area contributed by atoms with Crippen LogP contribution in [0.4, 0.5) is 0 Å². The molecule has 34 heavy (non-hydrogen) atoms. The molecule has 0 saturated heterocycles. The molecule has 0 aromatic carbocycles. The molecular weight excluding hydrogens is 416 g/mol. The van der Waals surface area contributed by atoms with Gasteiger partial charge in [-0.1, -0.05) is 156 Å². The molecular formula is C32H64O2. The number of carbonyl (C=O) groups excluding carboxylic acids is 1. The van der Waals surface area contributed by atoms with E-state index in [4.69, 9.17) is 4.74 Å². The largest absolute Gasteiger partial charge is 0.465 e. The predicted octanol–water partition coefficient (Wildman–Crippen LogP) is 11.2. The van der Waals surface area contributed by atoms with Gasteiger partial charge >= 0.3 is 5.97 Å². The van der Waals surface area contributed by atoms with Crippen LogP contribution in [0.25, 0.3) is 0 Å². The van der Waals surface area contributed by atoms with Crippen LogP contribution < -0.4 is 0 Å². The maximum absolute atomic E-state index is 12.2. The van der Waals surface area contributed by atoms with Crippen LogP contribution in [0.15, 0.2) is 0 Å². The summed E-state index contributed by atoms with van der Waals surface area (Å²) in [6.07, 6.45) is 31.1. The number of hydrogen-bond acceptors (Lipinski definition) is 2. The lowest BCUT2D eigenvalue weighted by Gasteiger charge is -2.17. The third-order valence-corrected chi connectivity index (χ3v) is 7.32. The summed E-state index contributed by atoms with van der Waals surface area (Å²) in [4.78, 5) is 12.2. The highest BCUT2D eigenvalue weighted by atomic mass is 16.5. The minimum Gasteiger partial charge on any atom is -0.465 e. The number of rotatable bonds is 27. The Morgan fingerprint density at radius 3 is 1.41 bits per heavy atom. The summed E-state index contributed by atoms with van der Waals surface area (Å²) in [7, 11) is 0. The average Bonchev–Trinajstić information content (AvgIpc) is 2.82. The average molecular weight is 481 g/mol. The van der Waals surface area contributed by atoms with Crippen molar-refractivity contribution in [2.24, 2.45) is 11.8 Å². The third kappa shape index (κ3) is 26.1. The summed E-state index contributed by atoms with van der Waals surface area (Å²) < 4.78 is 5.69. The van der Waals surface area contributed by atoms with E-state index in [9.17, 15) is 4.79 Å². The van der Waals surface area contributed by atoms with Crippen LogP contribution in [-0.2, 0) is 9.53 Å². The van der Waals surface area contributed by atoms with Gasteiger partial charge < -0.3 is 4.74 Å². The molecule has 1 unspecified atom stereocenters. The molecule has 0 aliphatic carbocycles. The van der Waals surface area contributed by atoms with Crippen LogP contribution in [0.2, 0.25) is 0 Å². The fourth-order valence-electron chi connectivity index (χ4n) is 4.90. The second kappa shape index (κ2) is 27.1. The lowest BCUT2D eigenvalue weighted by molar-refractivity contribution is -0.145. The Balaban J connectivity index is 3.59. The zero-order valence-corrected chi connectivity index (χ0v) is 24.1. The van der Waals surface area contributed by atoms with E-state index >= 15 is 0 Å². The minimum atomic E-state index is 0.0415. The van der Waals surface area contributed by atoms with E-state index in [0.29, 0.717) is 18.9 Å². The predicted molar refractivity (Wildman–Crippen MR) is 151 cm³/mol. The number of unbranched alkanes of at least 4 members (excludes halogenated alkanes) is 17. The monoisotopic (exact) mass is 480 g/mol. The molecule has 0 radical (unpaired) electrons. The number of esters is 1. The van der Waals surface area contributed by atoms with Crippen molar-refractivity contribution in [1.29, 1.82) is 0 Å². The van der Waals surface area contributed by atoms with Gasteiger partial charge in [0.05, 0.1) is 6.61 Å². The van der Waals surface area contributed by atoms with Crippen molar-refractivity contribution >= 4 is 5.97 Å². The van der Waals surface area contributed by atoms with Gasteiger partial charge in [-0.2, -0.15) is 0 Å². The van der Waals surface area contributed by atoms with Crippen molar-refractivity contribution in [2.45, 2.75) is 182 Å². The van der Waals surface area contributed by atoms with Gasteiger partial charge in [-0.15, -0.1) is 0 Å². The van der Waals surface area contributed by atoms with Crippen LogP contribution in [0.1, 0.15) is 182 Å². The van der Waals surface area contributed by atoms with E-state index in [-0.39, 0.29) is 5.97 Å². The van der Waals surface area contributed by atoms with Crippen LogP contribution in [0, 0.1) is 11.8 Å². The molecule has 2 nitrogen and oxygen atoms in total. The molecule has 0 N–H and O–H groups in total. The quantitative estimate of drug-likeness (QED) is 0.0862. The normalized spacial score (nSPS) is 12.4. The zero-order valence-electron chi connectivity index (χ0n) is 24.1. The SMILES string of the molecule is CCCCCCCC(CCCCC)COC(=O)CCCCCCCCCCCCCCC(C)C. The number of hydrogen-bond donors (Lipinski definition) is 0. The molecule has 0 aliphatic rings. The Hall–Kier alpha value is -0.530. The summed E-state index contributed by atoms with van der Waals surface area (Å²) in [5, 5.41) is 0. The minimum absolute atomic E-state index is 0.0415. The molecule has 0 aromatic rings. The van der Waals surface area contributed by atoms with Gasteiger partial charge in [0.25, 0.3) is 0 Å². The van der Waals surface area contributed by atoms with E-state index in [1.165, 1.54) is 141 Å². The smallest absolute Gasteiger partial charge is 0.305 e. The zero-order chi connectivity index (χ0) is 25.1. The summed E-state index contributed by atoms with van der Waals surface area (Å²) >= 11 is 0. The lowest BCUT2D eigenvalue weighted by atomic mass is 9.95. The van der Waals surface area contributed by atoms with E-state index in [1.807, 2.05) is 0 Å². The van der Waals surface area contributed by atoms with Crippen LogP contribution in [0.5, 0.6) is 0 Å². The molecule has 0 rings (SSSR count). The van der Waals surface area contributed by atoms with Gasteiger partial charge in [0.15, 0.2) is 0 Å². The van der Waals surface area contributed by atoms with Gasteiger partial charge in [-0.05, 0) is 31.1 Å². The van der Waals surface area contributed by atoms with E-state index in [1.54, 1.807) is 0 Å². The van der Waals surface area contributed by atoms with Crippen LogP contribution in [-0.4, -0.2) is 12.6 Å². The van der Waals surface area contributed by atoms with Crippen molar-refractivity contribution in [1.82, 2.24) is 0 Å². The summed E-state index contributed by atoms with van der Waals surface area (Å²) in [6.45, 7) is 9.85.